The zero-order valence-electron chi connectivity index (χ0n) is 12.5. The molecule has 128 valence electrons. The first kappa shape index (κ1) is 17.1. The molecule has 2 aromatic carbocycles. The van der Waals surface area contributed by atoms with Crippen LogP contribution in [0.1, 0.15) is 11.9 Å². The van der Waals surface area contributed by atoms with Gasteiger partial charge in [0.15, 0.2) is 0 Å². The van der Waals surface area contributed by atoms with E-state index >= 15 is 0 Å². The van der Waals surface area contributed by atoms with Gasteiger partial charge in [-0.3, -0.25) is 4.79 Å². The molecule has 0 bridgehead atoms. The van der Waals surface area contributed by atoms with Crippen molar-refractivity contribution >= 4 is 40.8 Å². The fourth-order valence-electron chi connectivity index (χ4n) is 2.14. The van der Waals surface area contributed by atoms with Crippen molar-refractivity contribution in [3.05, 3.63) is 75.7 Å². The number of aliphatic hydroxyl groups excluding tert-OH is 1. The van der Waals surface area contributed by atoms with E-state index in [2.05, 4.69) is 5.32 Å². The van der Waals surface area contributed by atoms with Crippen molar-refractivity contribution in [1.82, 2.24) is 0 Å². The smallest absolute Gasteiger partial charge is 0.354 e. The minimum absolute atomic E-state index is 0.174. The van der Waals surface area contributed by atoms with Crippen molar-refractivity contribution in [2.24, 2.45) is 0 Å². The predicted molar refractivity (Wildman–Crippen MR) is 91.1 cm³/mol. The lowest BCUT2D eigenvalue weighted by atomic mass is 10.2. The van der Waals surface area contributed by atoms with Gasteiger partial charge in [-0.1, -0.05) is 53.5 Å². The van der Waals surface area contributed by atoms with Gasteiger partial charge >= 0.3 is 11.9 Å². The topological polar surface area (TPSA) is 84.9 Å². The van der Waals surface area contributed by atoms with Crippen LogP contribution in [0.4, 0.5) is 5.69 Å². The second-order valence-corrected chi connectivity index (χ2v) is 5.87. The molecule has 0 aromatic heterocycles. The van der Waals surface area contributed by atoms with Gasteiger partial charge in [0, 0.05) is 10.6 Å². The number of hydrogen-bond donors (Lipinski definition) is 2. The van der Waals surface area contributed by atoms with Crippen LogP contribution in [-0.4, -0.2) is 17.0 Å². The van der Waals surface area contributed by atoms with E-state index in [4.69, 9.17) is 32.7 Å². The molecule has 3 rings (SSSR count). The standard InChI is InChI=1S/C17H11Cl2NO5/c18-10-6-7-12(11(19)8-10)20-14(21)13-15(22)24-17(25-16(13)23)9-4-2-1-3-5-9/h1-8,17,22H,(H,20,21). The minimum Gasteiger partial charge on any atom is -0.480 e. The normalized spacial score (nSPS) is 16.9. The maximum absolute atomic E-state index is 12.3. The zero-order valence-corrected chi connectivity index (χ0v) is 14.0. The highest BCUT2D eigenvalue weighted by Crippen LogP contribution is 2.30. The first-order valence-corrected chi connectivity index (χ1v) is 7.83. The average molecular weight is 380 g/mol. The lowest BCUT2D eigenvalue weighted by molar-refractivity contribution is -0.187. The monoisotopic (exact) mass is 379 g/mol. The third-order valence-corrected chi connectivity index (χ3v) is 3.88. The van der Waals surface area contributed by atoms with Crippen LogP contribution in [-0.2, 0) is 19.1 Å². The van der Waals surface area contributed by atoms with Crippen LogP contribution in [0.3, 0.4) is 0 Å². The number of rotatable bonds is 3. The molecular weight excluding hydrogens is 369 g/mol. The third-order valence-electron chi connectivity index (χ3n) is 3.33. The molecule has 1 atom stereocenters. The molecule has 1 aliphatic heterocycles. The number of ether oxygens (including phenoxy) is 2. The number of cyclic esters (lactones) is 1. The number of nitrogens with one attached hydrogen (secondary N) is 1. The fourth-order valence-corrected chi connectivity index (χ4v) is 2.60. The number of carbonyl (C=O) groups is 2. The highest BCUT2D eigenvalue weighted by atomic mass is 35.5. The van der Waals surface area contributed by atoms with Crippen LogP contribution < -0.4 is 5.32 Å². The Morgan fingerprint density at radius 3 is 2.44 bits per heavy atom. The summed E-state index contributed by atoms with van der Waals surface area (Å²) < 4.78 is 10.2. The molecule has 6 nitrogen and oxygen atoms in total. The highest BCUT2D eigenvalue weighted by molar-refractivity contribution is 6.37. The van der Waals surface area contributed by atoms with Crippen LogP contribution in [0.2, 0.25) is 10.0 Å². The van der Waals surface area contributed by atoms with Crippen molar-refractivity contribution < 1.29 is 24.2 Å². The molecule has 0 saturated carbocycles. The maximum atomic E-state index is 12.3. The van der Waals surface area contributed by atoms with E-state index in [0.717, 1.165) is 0 Å². The Labute approximate surface area is 152 Å². The Kier molecular flexibility index (Phi) is 4.83. The van der Waals surface area contributed by atoms with Gasteiger partial charge in [-0.2, -0.15) is 0 Å². The van der Waals surface area contributed by atoms with Crippen molar-refractivity contribution in [3.63, 3.8) is 0 Å². The Bertz CT molecular complexity index is 867. The number of carbonyl (C=O) groups excluding carboxylic acids is 2. The summed E-state index contributed by atoms with van der Waals surface area (Å²) in [6.45, 7) is 0. The van der Waals surface area contributed by atoms with Crippen LogP contribution >= 0.6 is 23.2 Å². The first-order chi connectivity index (χ1) is 12.0. The number of halogens is 2. The van der Waals surface area contributed by atoms with Gasteiger partial charge in [-0.05, 0) is 18.2 Å². The van der Waals surface area contributed by atoms with Crippen molar-refractivity contribution in [3.8, 4) is 0 Å². The molecule has 1 amide bonds. The summed E-state index contributed by atoms with van der Waals surface area (Å²) in [5.74, 6) is -2.76. The molecule has 1 heterocycles. The lowest BCUT2D eigenvalue weighted by Crippen LogP contribution is -2.30. The summed E-state index contributed by atoms with van der Waals surface area (Å²) in [5, 5.41) is 12.9. The Hall–Kier alpha value is -2.70. The van der Waals surface area contributed by atoms with E-state index in [9.17, 15) is 14.7 Å². The average Bonchev–Trinajstić information content (AvgIpc) is 2.57. The van der Waals surface area contributed by atoms with Gasteiger partial charge in [0.2, 0.25) is 5.57 Å². The molecule has 25 heavy (non-hydrogen) atoms. The van der Waals surface area contributed by atoms with Crippen LogP contribution in [0, 0.1) is 0 Å². The molecule has 2 aromatic rings. The molecule has 8 heteroatoms. The van der Waals surface area contributed by atoms with Gasteiger partial charge in [-0.15, -0.1) is 0 Å². The molecule has 0 spiro atoms. The second kappa shape index (κ2) is 7.04. The maximum Gasteiger partial charge on any atom is 0.354 e. The Morgan fingerprint density at radius 1 is 1.08 bits per heavy atom. The molecule has 2 N–H and O–H groups in total. The molecule has 1 aliphatic rings. The summed E-state index contributed by atoms with van der Waals surface area (Å²) in [6.07, 6.45) is -1.13. The number of amides is 1. The van der Waals surface area contributed by atoms with E-state index in [1.54, 1.807) is 30.3 Å². The summed E-state index contributed by atoms with van der Waals surface area (Å²) in [6, 6.07) is 12.9. The second-order valence-electron chi connectivity index (χ2n) is 5.02. The van der Waals surface area contributed by atoms with Gasteiger partial charge in [0.25, 0.3) is 12.2 Å². The van der Waals surface area contributed by atoms with Gasteiger partial charge in [0.05, 0.1) is 10.7 Å². The van der Waals surface area contributed by atoms with E-state index in [1.807, 2.05) is 0 Å². The van der Waals surface area contributed by atoms with Crippen LogP contribution in [0.15, 0.2) is 60.0 Å². The third kappa shape index (κ3) is 3.70. The summed E-state index contributed by atoms with van der Waals surface area (Å²) in [4.78, 5) is 24.4. The van der Waals surface area contributed by atoms with Crippen molar-refractivity contribution in [2.75, 3.05) is 5.32 Å². The van der Waals surface area contributed by atoms with E-state index in [-0.39, 0.29) is 10.7 Å². The number of benzene rings is 2. The van der Waals surface area contributed by atoms with E-state index < -0.39 is 29.7 Å². The molecule has 0 radical (unpaired) electrons. The van der Waals surface area contributed by atoms with Crippen molar-refractivity contribution in [1.29, 1.82) is 0 Å². The van der Waals surface area contributed by atoms with Crippen LogP contribution in [0.5, 0.6) is 0 Å². The number of anilines is 1. The van der Waals surface area contributed by atoms with E-state index in [1.165, 1.54) is 18.2 Å². The highest BCUT2D eigenvalue weighted by Gasteiger charge is 2.36. The largest absolute Gasteiger partial charge is 0.480 e. The molecule has 0 fully saturated rings. The zero-order chi connectivity index (χ0) is 18.0. The summed E-state index contributed by atoms with van der Waals surface area (Å²) in [7, 11) is 0. The number of aliphatic hydroxyl groups is 1. The van der Waals surface area contributed by atoms with E-state index in [0.29, 0.717) is 10.6 Å². The molecule has 0 aliphatic carbocycles. The summed E-state index contributed by atoms with van der Waals surface area (Å²) >= 11 is 11.7. The van der Waals surface area contributed by atoms with Gasteiger partial charge in [0.1, 0.15) is 0 Å². The van der Waals surface area contributed by atoms with Gasteiger partial charge in [-0.25, -0.2) is 4.79 Å². The predicted octanol–water partition coefficient (Wildman–Crippen LogP) is 3.97. The SMILES string of the molecule is O=C(Nc1ccc(Cl)cc1Cl)C1=C(O)OC(c2ccccc2)OC1=O. The number of hydrogen-bond acceptors (Lipinski definition) is 5. The lowest BCUT2D eigenvalue weighted by Gasteiger charge is -2.24. The first-order valence-electron chi connectivity index (χ1n) is 7.08. The Morgan fingerprint density at radius 2 is 1.80 bits per heavy atom. The fraction of sp³-hybridized carbons (Fsp3) is 0.0588. The molecule has 0 saturated heterocycles. The molecule has 1 unspecified atom stereocenters. The number of esters is 1. The minimum atomic E-state index is -1.13. The molecular formula is C17H11Cl2NO5. The van der Waals surface area contributed by atoms with Crippen LogP contribution in [0.25, 0.3) is 0 Å². The Balaban J connectivity index is 1.81. The quantitative estimate of drug-likeness (QED) is 0.622. The van der Waals surface area contributed by atoms with Crippen molar-refractivity contribution in [2.45, 2.75) is 6.29 Å². The summed E-state index contributed by atoms with van der Waals surface area (Å²) in [5.41, 5.74) is 0.0788. The van der Waals surface area contributed by atoms with Gasteiger partial charge < -0.3 is 19.9 Å².